The molecule has 0 bridgehead atoms. The van der Waals surface area contributed by atoms with Gasteiger partial charge in [-0.1, -0.05) is 35.3 Å². The first-order valence-electron chi connectivity index (χ1n) is 5.40. The zero-order chi connectivity index (χ0) is 14.9. The molecule has 2 rings (SSSR count). The number of aromatic nitrogens is 1. The number of aryl methyl sites for hydroxylation is 1. The maximum absolute atomic E-state index is 13.7. The normalized spacial score (nSPS) is 11.4. The van der Waals surface area contributed by atoms with Crippen molar-refractivity contribution in [2.24, 2.45) is 0 Å². The molecule has 0 fully saturated rings. The van der Waals surface area contributed by atoms with Gasteiger partial charge in [0.2, 0.25) is 0 Å². The lowest BCUT2D eigenvalue weighted by Gasteiger charge is -2.11. The van der Waals surface area contributed by atoms with Gasteiger partial charge in [-0.2, -0.15) is 0 Å². The van der Waals surface area contributed by atoms with Crippen molar-refractivity contribution >= 4 is 38.9 Å². The molecule has 0 aliphatic rings. The summed E-state index contributed by atoms with van der Waals surface area (Å²) in [6.07, 6.45) is 1.05. The third-order valence-electron chi connectivity index (χ3n) is 2.54. The van der Waals surface area contributed by atoms with Crippen LogP contribution >= 0.6 is 23.2 Å². The maximum atomic E-state index is 13.7. The Morgan fingerprint density at radius 2 is 2.00 bits per heavy atom. The maximum Gasteiger partial charge on any atom is 0.263 e. The molecule has 0 radical (unpaired) electrons. The summed E-state index contributed by atoms with van der Waals surface area (Å²) < 4.78 is 40.1. The smallest absolute Gasteiger partial charge is 0.263 e. The molecule has 4 nitrogen and oxygen atoms in total. The van der Waals surface area contributed by atoms with E-state index in [1.165, 1.54) is 6.07 Å². The second-order valence-corrected chi connectivity index (χ2v) is 6.43. The molecule has 0 saturated carbocycles. The quantitative estimate of drug-likeness (QED) is 0.872. The van der Waals surface area contributed by atoms with E-state index < -0.39 is 15.8 Å². The van der Waals surface area contributed by atoms with Crippen LogP contribution in [0, 0.1) is 12.7 Å². The highest BCUT2D eigenvalue weighted by molar-refractivity contribution is 7.92. The first kappa shape index (κ1) is 15.0. The fourth-order valence-electron chi connectivity index (χ4n) is 1.51. The van der Waals surface area contributed by atoms with E-state index in [4.69, 9.17) is 23.2 Å². The van der Waals surface area contributed by atoms with E-state index in [-0.39, 0.29) is 20.8 Å². The van der Waals surface area contributed by atoms with Crippen molar-refractivity contribution in [2.45, 2.75) is 11.8 Å². The monoisotopic (exact) mass is 334 g/mol. The van der Waals surface area contributed by atoms with Gasteiger partial charge < -0.3 is 0 Å². The molecule has 0 amide bonds. The lowest BCUT2D eigenvalue weighted by Crippen LogP contribution is -2.15. The molecule has 0 aliphatic heterocycles. The topological polar surface area (TPSA) is 59.1 Å². The lowest BCUT2D eigenvalue weighted by atomic mass is 10.2. The molecule has 0 spiro atoms. The van der Waals surface area contributed by atoms with Gasteiger partial charge in [-0.15, -0.1) is 0 Å². The van der Waals surface area contributed by atoms with Crippen LogP contribution in [0.5, 0.6) is 0 Å². The molecule has 8 heteroatoms. The molecule has 106 valence electrons. The minimum atomic E-state index is -3.99. The highest BCUT2D eigenvalue weighted by atomic mass is 35.5. The zero-order valence-electron chi connectivity index (χ0n) is 10.2. The summed E-state index contributed by atoms with van der Waals surface area (Å²) in [5.74, 6) is -0.665. The number of rotatable bonds is 3. The van der Waals surface area contributed by atoms with Crippen LogP contribution in [0.2, 0.25) is 10.2 Å². The Morgan fingerprint density at radius 1 is 1.30 bits per heavy atom. The van der Waals surface area contributed by atoms with Crippen LogP contribution in [0.4, 0.5) is 10.1 Å². The number of pyridine rings is 1. The predicted molar refractivity (Wildman–Crippen MR) is 76.2 cm³/mol. The minimum absolute atomic E-state index is 0.000188. The molecule has 0 atom stereocenters. The number of hydrogen-bond acceptors (Lipinski definition) is 3. The SMILES string of the molecule is Cc1cccc(F)c1NS(=O)(=O)c1cnc(Cl)c(Cl)c1. The molecular weight excluding hydrogens is 326 g/mol. The molecule has 1 heterocycles. The number of halogens is 3. The van der Waals surface area contributed by atoms with Gasteiger partial charge in [0.15, 0.2) is 0 Å². The van der Waals surface area contributed by atoms with E-state index in [0.29, 0.717) is 5.56 Å². The van der Waals surface area contributed by atoms with E-state index in [0.717, 1.165) is 18.3 Å². The fraction of sp³-hybridized carbons (Fsp3) is 0.0833. The van der Waals surface area contributed by atoms with Crippen LogP contribution in [0.25, 0.3) is 0 Å². The van der Waals surface area contributed by atoms with Crippen LogP contribution < -0.4 is 4.72 Å². The van der Waals surface area contributed by atoms with Crippen molar-refractivity contribution in [3.63, 3.8) is 0 Å². The Morgan fingerprint density at radius 3 is 2.60 bits per heavy atom. The first-order valence-corrected chi connectivity index (χ1v) is 7.64. The predicted octanol–water partition coefficient (Wildman–Crippen LogP) is 3.64. The third-order valence-corrected chi connectivity index (χ3v) is 4.54. The van der Waals surface area contributed by atoms with Gasteiger partial charge in [0.05, 0.1) is 10.7 Å². The van der Waals surface area contributed by atoms with Crippen LogP contribution in [-0.4, -0.2) is 13.4 Å². The van der Waals surface area contributed by atoms with Crippen molar-refractivity contribution in [3.05, 3.63) is 52.0 Å². The fourth-order valence-corrected chi connectivity index (χ4v) is 2.95. The first-order chi connectivity index (χ1) is 9.31. The van der Waals surface area contributed by atoms with Crippen molar-refractivity contribution < 1.29 is 12.8 Å². The van der Waals surface area contributed by atoms with Crippen molar-refractivity contribution in [1.29, 1.82) is 0 Å². The van der Waals surface area contributed by atoms with E-state index >= 15 is 0 Å². The average Bonchev–Trinajstić information content (AvgIpc) is 2.37. The van der Waals surface area contributed by atoms with Crippen molar-refractivity contribution in [2.75, 3.05) is 4.72 Å². The Bertz CT molecular complexity index is 746. The van der Waals surface area contributed by atoms with Gasteiger partial charge in [0.1, 0.15) is 15.9 Å². The highest BCUT2D eigenvalue weighted by Gasteiger charge is 2.19. The van der Waals surface area contributed by atoms with Gasteiger partial charge in [-0.05, 0) is 24.6 Å². The second kappa shape index (κ2) is 5.55. The number of nitrogens with one attached hydrogen (secondary N) is 1. The lowest BCUT2D eigenvalue weighted by molar-refractivity contribution is 0.598. The molecule has 1 aromatic heterocycles. The Hall–Kier alpha value is -1.37. The van der Waals surface area contributed by atoms with Gasteiger partial charge in [-0.3, -0.25) is 4.72 Å². The molecule has 2 aromatic rings. The van der Waals surface area contributed by atoms with Gasteiger partial charge in [0, 0.05) is 6.20 Å². The van der Waals surface area contributed by atoms with Crippen LogP contribution in [0.15, 0.2) is 35.4 Å². The van der Waals surface area contributed by atoms with E-state index in [1.807, 2.05) is 0 Å². The molecule has 1 aromatic carbocycles. The summed E-state index contributed by atoms with van der Waals surface area (Å²) in [6.45, 7) is 1.59. The summed E-state index contributed by atoms with van der Waals surface area (Å²) in [4.78, 5) is 3.45. The number of para-hydroxylation sites is 1. The number of sulfonamides is 1. The summed E-state index contributed by atoms with van der Waals surface area (Å²) in [7, 11) is -3.99. The molecule has 0 aliphatic carbocycles. The summed E-state index contributed by atoms with van der Waals surface area (Å²) in [5.41, 5.74) is 0.347. The number of anilines is 1. The van der Waals surface area contributed by atoms with Gasteiger partial charge >= 0.3 is 0 Å². The number of nitrogens with zero attached hydrogens (tertiary/aromatic N) is 1. The van der Waals surface area contributed by atoms with E-state index in [9.17, 15) is 12.8 Å². The Kier molecular flexibility index (Phi) is 4.17. The van der Waals surface area contributed by atoms with Crippen molar-refractivity contribution in [1.82, 2.24) is 4.98 Å². The summed E-state index contributed by atoms with van der Waals surface area (Å²) in [5, 5.41) is -0.00696. The molecular formula is C12H9Cl2FN2O2S. The number of benzene rings is 1. The average molecular weight is 335 g/mol. The molecule has 0 saturated heterocycles. The summed E-state index contributed by atoms with van der Waals surface area (Å²) >= 11 is 11.3. The zero-order valence-corrected chi connectivity index (χ0v) is 12.5. The molecule has 1 N–H and O–H groups in total. The van der Waals surface area contributed by atoms with Crippen molar-refractivity contribution in [3.8, 4) is 0 Å². The molecule has 20 heavy (non-hydrogen) atoms. The highest BCUT2D eigenvalue weighted by Crippen LogP contribution is 2.26. The third kappa shape index (κ3) is 3.03. The van der Waals surface area contributed by atoms with E-state index in [1.54, 1.807) is 13.0 Å². The van der Waals surface area contributed by atoms with Crippen LogP contribution in [0.1, 0.15) is 5.56 Å². The van der Waals surface area contributed by atoms with Gasteiger partial charge in [0.25, 0.3) is 10.0 Å². The minimum Gasteiger partial charge on any atom is -0.276 e. The second-order valence-electron chi connectivity index (χ2n) is 3.98. The van der Waals surface area contributed by atoms with Gasteiger partial charge in [-0.25, -0.2) is 17.8 Å². The Balaban J connectivity index is 2.43. The van der Waals surface area contributed by atoms with Crippen LogP contribution in [0.3, 0.4) is 0 Å². The standard InChI is InChI=1S/C12H9Cl2FN2O2S/c1-7-3-2-4-10(15)11(7)17-20(18,19)8-5-9(13)12(14)16-6-8/h2-6,17H,1H3. The van der Waals surface area contributed by atoms with E-state index in [2.05, 4.69) is 9.71 Å². The van der Waals surface area contributed by atoms with Crippen LogP contribution in [-0.2, 0) is 10.0 Å². The summed E-state index contributed by atoms with van der Waals surface area (Å²) in [6, 6.07) is 5.39. The molecule has 0 unspecified atom stereocenters. The number of hydrogen-bond donors (Lipinski definition) is 1. The largest absolute Gasteiger partial charge is 0.276 e. The Labute approximate surface area is 125 Å².